The Bertz CT molecular complexity index is 1050. The Kier molecular flexibility index (Phi) is 10.4. The lowest BCUT2D eigenvalue weighted by molar-refractivity contribution is -0.904. The second-order valence-electron chi connectivity index (χ2n) is 10.4. The average Bonchev–Trinajstić information content (AvgIpc) is 3.33. The van der Waals surface area contributed by atoms with E-state index in [1.165, 1.54) is 12.0 Å². The van der Waals surface area contributed by atoms with Crippen LogP contribution in [0, 0.1) is 5.92 Å². The maximum absolute atomic E-state index is 12.0. The van der Waals surface area contributed by atoms with E-state index in [4.69, 9.17) is 20.8 Å². The number of quaternary nitrogens is 1. The Morgan fingerprint density at radius 2 is 1.72 bits per heavy atom. The second-order valence-corrected chi connectivity index (χ2v) is 10.8. The normalized spacial score (nSPS) is 16.3. The van der Waals surface area contributed by atoms with Crippen LogP contribution < -0.4 is 12.4 Å². The first-order valence-electron chi connectivity index (χ1n) is 12.7. The van der Waals surface area contributed by atoms with Crippen LogP contribution in [-0.4, -0.2) is 48.4 Å². The molecule has 1 saturated carbocycles. The summed E-state index contributed by atoms with van der Waals surface area (Å²) >= 11 is 5.95. The molecular weight excluding hydrogens is 495 g/mol. The molecule has 0 bridgehead atoms. The van der Waals surface area contributed by atoms with Crippen molar-refractivity contribution in [1.82, 2.24) is 4.98 Å². The molecule has 1 aliphatic carbocycles. The number of rotatable bonds is 11. The van der Waals surface area contributed by atoms with Crippen molar-refractivity contribution in [2.75, 3.05) is 33.9 Å². The number of oxazole rings is 1. The van der Waals surface area contributed by atoms with Crippen molar-refractivity contribution in [2.45, 2.75) is 50.7 Å². The highest BCUT2D eigenvalue weighted by molar-refractivity contribution is 6.30. The van der Waals surface area contributed by atoms with Gasteiger partial charge in [0.25, 0.3) is 0 Å². The highest BCUT2D eigenvalue weighted by atomic mass is 35.5. The van der Waals surface area contributed by atoms with Gasteiger partial charge in [0.15, 0.2) is 11.4 Å². The van der Waals surface area contributed by atoms with E-state index >= 15 is 0 Å². The summed E-state index contributed by atoms with van der Waals surface area (Å²) in [6.07, 6.45) is 8.12. The molecule has 1 N–H and O–H groups in total. The number of aliphatic hydroxyl groups is 1. The van der Waals surface area contributed by atoms with Crippen molar-refractivity contribution in [3.05, 3.63) is 88.6 Å². The molecule has 1 aromatic heterocycles. The summed E-state index contributed by atoms with van der Waals surface area (Å²) in [7, 11) is 4.32. The number of aromatic nitrogens is 1. The molecule has 7 heteroatoms. The molecule has 1 aliphatic rings. The fourth-order valence-corrected chi connectivity index (χ4v) is 5.18. The first-order valence-corrected chi connectivity index (χ1v) is 13.1. The van der Waals surface area contributed by atoms with Crippen LogP contribution in [-0.2, 0) is 23.3 Å². The van der Waals surface area contributed by atoms with Crippen LogP contribution in [0.1, 0.15) is 54.9 Å². The first kappa shape index (κ1) is 28.7. The fourth-order valence-electron chi connectivity index (χ4n) is 5.06. The van der Waals surface area contributed by atoms with Crippen molar-refractivity contribution in [1.29, 1.82) is 0 Å². The summed E-state index contributed by atoms with van der Waals surface area (Å²) in [6, 6.07) is 17.8. The molecule has 2 aromatic carbocycles. The molecule has 196 valence electrons. The van der Waals surface area contributed by atoms with Crippen LogP contribution in [0.15, 0.2) is 65.2 Å². The molecule has 1 atom stereocenters. The summed E-state index contributed by atoms with van der Waals surface area (Å²) in [5.74, 6) is 1.32. The Hall–Kier alpha value is -1.89. The minimum absolute atomic E-state index is 0. The van der Waals surface area contributed by atoms with Crippen molar-refractivity contribution in [3.63, 3.8) is 0 Å². The Morgan fingerprint density at radius 3 is 2.42 bits per heavy atom. The summed E-state index contributed by atoms with van der Waals surface area (Å²) in [4.78, 5) is 4.61. The zero-order chi connectivity index (χ0) is 24.7. The third-order valence-electron chi connectivity index (χ3n) is 7.16. The van der Waals surface area contributed by atoms with Crippen LogP contribution in [0.3, 0.4) is 0 Å². The van der Waals surface area contributed by atoms with Crippen LogP contribution in [0.5, 0.6) is 0 Å². The molecule has 36 heavy (non-hydrogen) atoms. The highest BCUT2D eigenvalue weighted by Gasteiger charge is 2.44. The average molecular weight is 534 g/mol. The molecule has 0 spiro atoms. The Balaban J connectivity index is 0.00000361. The van der Waals surface area contributed by atoms with Gasteiger partial charge in [-0.15, -0.1) is 0 Å². The topological polar surface area (TPSA) is 55.5 Å². The molecular formula is C29H38Cl2N2O3. The van der Waals surface area contributed by atoms with E-state index in [0.717, 1.165) is 55.0 Å². The largest absolute Gasteiger partial charge is 1.00 e. The van der Waals surface area contributed by atoms with Crippen molar-refractivity contribution >= 4 is 11.6 Å². The minimum Gasteiger partial charge on any atom is -1.00 e. The van der Waals surface area contributed by atoms with E-state index in [0.29, 0.717) is 30.1 Å². The summed E-state index contributed by atoms with van der Waals surface area (Å²) in [5, 5.41) is 12.8. The summed E-state index contributed by atoms with van der Waals surface area (Å²) < 4.78 is 12.9. The van der Waals surface area contributed by atoms with Crippen molar-refractivity contribution in [3.8, 4) is 0 Å². The summed E-state index contributed by atoms with van der Waals surface area (Å²) in [5.41, 5.74) is 0.895. The lowest BCUT2D eigenvalue weighted by Gasteiger charge is -2.36. The van der Waals surface area contributed by atoms with Gasteiger partial charge in [0, 0.05) is 10.9 Å². The van der Waals surface area contributed by atoms with Gasteiger partial charge in [-0.25, -0.2) is 4.98 Å². The first-order chi connectivity index (χ1) is 16.9. The number of halogens is 2. The SMILES string of the molecule is C[N+](C)(CCOCCc1ccc(Cl)cc1)Cc1cnc([C@](O)(c2ccccc2)C2CCCCC2)o1.[Cl-]. The number of ether oxygens (including phenoxy) is 1. The van der Waals surface area contributed by atoms with Gasteiger partial charge < -0.3 is 31.2 Å². The van der Waals surface area contributed by atoms with E-state index in [2.05, 4.69) is 19.1 Å². The maximum Gasteiger partial charge on any atom is 0.231 e. The van der Waals surface area contributed by atoms with Gasteiger partial charge in [-0.1, -0.05) is 73.3 Å². The zero-order valence-corrected chi connectivity index (χ0v) is 22.8. The van der Waals surface area contributed by atoms with Gasteiger partial charge in [-0.2, -0.15) is 0 Å². The van der Waals surface area contributed by atoms with Gasteiger partial charge in [0.2, 0.25) is 5.89 Å². The Morgan fingerprint density at radius 1 is 1.03 bits per heavy atom. The maximum atomic E-state index is 12.0. The zero-order valence-electron chi connectivity index (χ0n) is 21.3. The number of likely N-dealkylation sites (N-methyl/N-ethyl adjacent to an activating group) is 1. The monoisotopic (exact) mass is 532 g/mol. The standard InChI is InChI=1S/C29H38ClN2O3.ClH/c1-32(2,18-20-34-19-17-23-13-15-26(30)16-14-23)22-27-21-31-28(35-27)29(33,24-9-5-3-6-10-24)25-11-7-4-8-12-25;/h3,5-6,9-10,13-16,21,25,33H,4,7-8,11-12,17-20,22H2,1-2H3;1H/q+1;/p-1/t29-;/m0./s1. The fraction of sp³-hybridized carbons (Fsp3) is 0.483. The van der Waals surface area contributed by atoms with Gasteiger partial charge in [-0.05, 0) is 42.5 Å². The second kappa shape index (κ2) is 13.1. The molecule has 3 aromatic rings. The third-order valence-corrected chi connectivity index (χ3v) is 7.41. The van der Waals surface area contributed by atoms with Crippen LogP contribution in [0.2, 0.25) is 5.02 Å². The third kappa shape index (κ3) is 7.33. The number of nitrogens with zero attached hydrogens (tertiary/aromatic N) is 2. The molecule has 4 rings (SSSR count). The predicted molar refractivity (Wildman–Crippen MR) is 139 cm³/mol. The van der Waals surface area contributed by atoms with E-state index in [1.54, 1.807) is 6.20 Å². The van der Waals surface area contributed by atoms with Gasteiger partial charge in [0.1, 0.15) is 13.1 Å². The molecule has 5 nitrogen and oxygen atoms in total. The van der Waals surface area contributed by atoms with Gasteiger partial charge in [0.05, 0.1) is 33.5 Å². The lowest BCUT2D eigenvalue weighted by Crippen LogP contribution is -3.00. The molecule has 0 unspecified atom stereocenters. The number of hydrogen-bond acceptors (Lipinski definition) is 4. The quantitative estimate of drug-likeness (QED) is 0.304. The molecule has 0 radical (unpaired) electrons. The van der Waals surface area contributed by atoms with E-state index in [9.17, 15) is 5.11 Å². The molecule has 0 aliphatic heterocycles. The van der Waals surface area contributed by atoms with Crippen LogP contribution in [0.25, 0.3) is 0 Å². The van der Waals surface area contributed by atoms with E-state index in [-0.39, 0.29) is 18.3 Å². The molecule has 0 amide bonds. The van der Waals surface area contributed by atoms with Gasteiger partial charge in [-0.3, -0.25) is 0 Å². The molecule has 1 fully saturated rings. The summed E-state index contributed by atoms with van der Waals surface area (Å²) in [6.45, 7) is 2.88. The molecule has 1 heterocycles. The van der Waals surface area contributed by atoms with E-state index in [1.807, 2.05) is 54.6 Å². The van der Waals surface area contributed by atoms with Crippen LogP contribution in [0.4, 0.5) is 0 Å². The highest BCUT2D eigenvalue weighted by Crippen LogP contribution is 2.43. The molecule has 0 saturated heterocycles. The number of benzene rings is 2. The predicted octanol–water partition coefficient (Wildman–Crippen LogP) is 2.98. The van der Waals surface area contributed by atoms with E-state index < -0.39 is 5.60 Å². The van der Waals surface area contributed by atoms with Crippen molar-refractivity contribution in [2.24, 2.45) is 5.92 Å². The number of hydrogen-bond donors (Lipinski definition) is 1. The van der Waals surface area contributed by atoms with Crippen molar-refractivity contribution < 1.29 is 31.2 Å². The van der Waals surface area contributed by atoms with Gasteiger partial charge >= 0.3 is 0 Å². The smallest absolute Gasteiger partial charge is 0.231 e. The van der Waals surface area contributed by atoms with Crippen LogP contribution >= 0.6 is 11.6 Å². The Labute approximate surface area is 226 Å². The lowest BCUT2D eigenvalue weighted by atomic mass is 9.73. The minimum atomic E-state index is -1.19.